The van der Waals surface area contributed by atoms with Crippen molar-refractivity contribution < 1.29 is 24.2 Å². The number of esters is 1. The molecule has 25 heavy (non-hydrogen) atoms. The van der Waals surface area contributed by atoms with Crippen LogP contribution in [0.25, 0.3) is 0 Å². The molecular formula is C17H19BrN2O5. The molecule has 1 heterocycles. The van der Waals surface area contributed by atoms with Gasteiger partial charge in [-0.05, 0) is 31.0 Å². The van der Waals surface area contributed by atoms with E-state index in [1.165, 1.54) is 12.0 Å². The molecule has 1 atom stereocenters. The zero-order valence-corrected chi connectivity index (χ0v) is 15.5. The van der Waals surface area contributed by atoms with E-state index in [4.69, 9.17) is 9.84 Å². The standard InChI is InChI=1S/C17H19BrN2O5/c1-10-14(16(23)25-2)15(11-5-7-12(18)8-6-11)19-17(24)20(10)9-3-4-13(21)22/h5-8,15H,3-4,9H2,1-2H3,(H,19,24)(H,21,22)/t15-/m0/s1. The summed E-state index contributed by atoms with van der Waals surface area (Å²) in [5.74, 6) is -1.46. The molecule has 0 saturated carbocycles. The van der Waals surface area contributed by atoms with Crippen LogP contribution in [0.5, 0.6) is 0 Å². The highest BCUT2D eigenvalue weighted by atomic mass is 79.9. The summed E-state index contributed by atoms with van der Waals surface area (Å²) < 4.78 is 5.77. The molecule has 2 N–H and O–H groups in total. The van der Waals surface area contributed by atoms with E-state index in [1.54, 1.807) is 6.92 Å². The van der Waals surface area contributed by atoms with Gasteiger partial charge in [0.1, 0.15) is 0 Å². The number of carbonyl (C=O) groups excluding carboxylic acids is 2. The summed E-state index contributed by atoms with van der Waals surface area (Å²) in [6, 6.07) is 6.28. The number of hydrogen-bond acceptors (Lipinski definition) is 4. The van der Waals surface area contributed by atoms with Crippen LogP contribution in [-0.2, 0) is 14.3 Å². The highest BCUT2D eigenvalue weighted by Crippen LogP contribution is 2.31. The topological polar surface area (TPSA) is 95.9 Å². The molecule has 1 aromatic rings. The summed E-state index contributed by atoms with van der Waals surface area (Å²) in [5.41, 5.74) is 1.55. The van der Waals surface area contributed by atoms with Crippen molar-refractivity contribution in [3.8, 4) is 0 Å². The van der Waals surface area contributed by atoms with Gasteiger partial charge in [-0.3, -0.25) is 9.69 Å². The van der Waals surface area contributed by atoms with Crippen molar-refractivity contribution in [3.05, 3.63) is 45.6 Å². The van der Waals surface area contributed by atoms with Crippen molar-refractivity contribution >= 4 is 33.9 Å². The number of benzene rings is 1. The van der Waals surface area contributed by atoms with Crippen LogP contribution >= 0.6 is 15.9 Å². The third-order valence-electron chi connectivity index (χ3n) is 3.98. The van der Waals surface area contributed by atoms with Crippen LogP contribution in [-0.4, -0.2) is 41.6 Å². The minimum absolute atomic E-state index is 0.0548. The number of carbonyl (C=O) groups is 3. The summed E-state index contributed by atoms with van der Waals surface area (Å²) in [6.07, 6.45) is 0.234. The molecule has 0 aromatic heterocycles. The van der Waals surface area contributed by atoms with E-state index in [9.17, 15) is 14.4 Å². The summed E-state index contributed by atoms with van der Waals surface area (Å²) in [6.45, 7) is 1.87. The van der Waals surface area contributed by atoms with Crippen LogP contribution in [0.2, 0.25) is 0 Å². The summed E-state index contributed by atoms with van der Waals surface area (Å²) in [4.78, 5) is 36.8. The Morgan fingerprint density at radius 2 is 1.96 bits per heavy atom. The fourth-order valence-electron chi connectivity index (χ4n) is 2.72. The van der Waals surface area contributed by atoms with Gasteiger partial charge in [0.05, 0.1) is 18.7 Å². The predicted molar refractivity (Wildman–Crippen MR) is 93.7 cm³/mol. The highest BCUT2D eigenvalue weighted by Gasteiger charge is 2.35. The van der Waals surface area contributed by atoms with Crippen molar-refractivity contribution in [2.24, 2.45) is 0 Å². The molecular weight excluding hydrogens is 392 g/mol. The van der Waals surface area contributed by atoms with Gasteiger partial charge in [0.25, 0.3) is 0 Å². The monoisotopic (exact) mass is 410 g/mol. The van der Waals surface area contributed by atoms with Gasteiger partial charge in [-0.25, -0.2) is 9.59 Å². The first-order valence-electron chi connectivity index (χ1n) is 7.69. The lowest BCUT2D eigenvalue weighted by atomic mass is 9.95. The van der Waals surface area contributed by atoms with Crippen molar-refractivity contribution in [1.82, 2.24) is 10.2 Å². The van der Waals surface area contributed by atoms with E-state index in [0.29, 0.717) is 11.3 Å². The number of rotatable bonds is 6. The van der Waals surface area contributed by atoms with E-state index in [-0.39, 0.29) is 25.4 Å². The molecule has 1 aliphatic rings. The van der Waals surface area contributed by atoms with E-state index in [2.05, 4.69) is 21.2 Å². The Kier molecular flexibility index (Phi) is 6.19. The van der Waals surface area contributed by atoms with Gasteiger partial charge in [0, 0.05) is 23.1 Å². The minimum Gasteiger partial charge on any atom is -0.481 e. The molecule has 0 radical (unpaired) electrons. The number of hydrogen-bond donors (Lipinski definition) is 2. The molecule has 2 amide bonds. The SMILES string of the molecule is COC(=O)C1=C(C)N(CCCC(=O)O)C(=O)N[C@H]1c1ccc(Br)cc1. The third kappa shape index (κ3) is 4.39. The average Bonchev–Trinajstić information content (AvgIpc) is 2.57. The van der Waals surface area contributed by atoms with Gasteiger partial charge in [0.15, 0.2) is 0 Å². The number of nitrogens with one attached hydrogen (secondary N) is 1. The summed E-state index contributed by atoms with van der Waals surface area (Å²) in [5, 5.41) is 11.6. The van der Waals surface area contributed by atoms with Gasteiger partial charge in [-0.1, -0.05) is 28.1 Å². The Hall–Kier alpha value is -2.35. The first kappa shape index (κ1) is 19.0. The number of aliphatic carboxylic acids is 1. The summed E-state index contributed by atoms with van der Waals surface area (Å²) in [7, 11) is 1.28. The van der Waals surface area contributed by atoms with Crippen LogP contribution in [0.3, 0.4) is 0 Å². The Morgan fingerprint density at radius 1 is 1.32 bits per heavy atom. The second-order valence-electron chi connectivity index (χ2n) is 5.57. The molecule has 8 heteroatoms. The first-order chi connectivity index (χ1) is 11.8. The smallest absolute Gasteiger partial charge is 0.337 e. The molecule has 0 unspecified atom stereocenters. The number of nitrogens with zero attached hydrogens (tertiary/aromatic N) is 1. The van der Waals surface area contributed by atoms with Gasteiger partial charge >= 0.3 is 18.0 Å². The van der Waals surface area contributed by atoms with E-state index >= 15 is 0 Å². The third-order valence-corrected chi connectivity index (χ3v) is 4.51. The van der Waals surface area contributed by atoms with Crippen LogP contribution in [0.1, 0.15) is 31.4 Å². The van der Waals surface area contributed by atoms with Crippen LogP contribution in [0.15, 0.2) is 40.0 Å². The second kappa shape index (κ2) is 8.15. The molecule has 2 rings (SSSR count). The number of amides is 2. The molecule has 1 aromatic carbocycles. The van der Waals surface area contributed by atoms with Gasteiger partial charge < -0.3 is 15.2 Å². The van der Waals surface area contributed by atoms with Crippen molar-refractivity contribution in [1.29, 1.82) is 0 Å². The summed E-state index contributed by atoms with van der Waals surface area (Å²) >= 11 is 3.35. The molecule has 0 saturated heterocycles. The van der Waals surface area contributed by atoms with E-state index in [1.807, 2.05) is 24.3 Å². The average molecular weight is 411 g/mol. The molecule has 0 spiro atoms. The van der Waals surface area contributed by atoms with Crippen molar-refractivity contribution in [3.63, 3.8) is 0 Å². The maximum absolute atomic E-state index is 12.5. The fraction of sp³-hybridized carbons (Fsp3) is 0.353. The van der Waals surface area contributed by atoms with Gasteiger partial charge in [-0.15, -0.1) is 0 Å². The lowest BCUT2D eigenvalue weighted by molar-refractivity contribution is -0.138. The number of halogens is 1. The lowest BCUT2D eigenvalue weighted by Gasteiger charge is -2.35. The number of allylic oxidation sites excluding steroid dienone is 1. The quantitative estimate of drug-likeness (QED) is 0.702. The molecule has 134 valence electrons. The van der Waals surface area contributed by atoms with Crippen LogP contribution < -0.4 is 5.32 Å². The number of ether oxygens (including phenoxy) is 1. The number of carboxylic acid groups (broad SMARTS) is 1. The molecule has 0 aliphatic carbocycles. The largest absolute Gasteiger partial charge is 0.481 e. The van der Waals surface area contributed by atoms with E-state index < -0.39 is 18.0 Å². The van der Waals surface area contributed by atoms with Crippen LogP contribution in [0, 0.1) is 0 Å². The maximum Gasteiger partial charge on any atom is 0.337 e. The van der Waals surface area contributed by atoms with E-state index in [0.717, 1.165) is 10.0 Å². The Balaban J connectivity index is 2.37. The first-order valence-corrected chi connectivity index (χ1v) is 8.48. The van der Waals surface area contributed by atoms with Crippen molar-refractivity contribution in [2.45, 2.75) is 25.8 Å². The van der Waals surface area contributed by atoms with Crippen molar-refractivity contribution in [2.75, 3.05) is 13.7 Å². The van der Waals surface area contributed by atoms with Crippen LogP contribution in [0.4, 0.5) is 4.79 Å². The maximum atomic E-state index is 12.5. The number of carboxylic acids is 1. The zero-order valence-electron chi connectivity index (χ0n) is 13.9. The molecule has 0 fully saturated rings. The second-order valence-corrected chi connectivity index (χ2v) is 6.49. The van der Waals surface area contributed by atoms with Gasteiger partial charge in [-0.2, -0.15) is 0 Å². The molecule has 1 aliphatic heterocycles. The molecule has 0 bridgehead atoms. The Morgan fingerprint density at radius 3 is 2.52 bits per heavy atom. The number of methoxy groups -OCH3 is 1. The minimum atomic E-state index is -0.931. The zero-order chi connectivity index (χ0) is 18.6. The Labute approximate surface area is 153 Å². The number of urea groups is 1. The predicted octanol–water partition coefficient (Wildman–Crippen LogP) is 2.83. The highest BCUT2D eigenvalue weighted by molar-refractivity contribution is 9.10. The normalized spacial score (nSPS) is 17.3. The lowest BCUT2D eigenvalue weighted by Crippen LogP contribution is -2.48. The Bertz CT molecular complexity index is 714. The fourth-order valence-corrected chi connectivity index (χ4v) is 2.98. The molecule has 7 nitrogen and oxygen atoms in total. The van der Waals surface area contributed by atoms with Gasteiger partial charge in [0.2, 0.25) is 0 Å².